The van der Waals surface area contributed by atoms with Crippen molar-refractivity contribution in [1.29, 1.82) is 0 Å². The largest absolute Gasteiger partial charge is 0.457 e. The van der Waals surface area contributed by atoms with Crippen LogP contribution in [0.3, 0.4) is 0 Å². The molecule has 0 fully saturated rings. The minimum absolute atomic E-state index is 0.204. The van der Waals surface area contributed by atoms with Crippen molar-refractivity contribution in [2.24, 2.45) is 0 Å². The normalized spacial score (nSPS) is 11.3. The zero-order chi connectivity index (χ0) is 18.4. The third-order valence-corrected chi connectivity index (χ3v) is 5.66. The predicted octanol–water partition coefficient (Wildman–Crippen LogP) is 5.52. The van der Waals surface area contributed by atoms with Crippen molar-refractivity contribution in [1.82, 2.24) is 0 Å². The lowest BCUT2D eigenvalue weighted by atomic mass is 10.2. The summed E-state index contributed by atoms with van der Waals surface area (Å²) in [5.74, 6) is 1.63. The number of rotatable bonds is 7. The van der Waals surface area contributed by atoms with E-state index in [0.29, 0.717) is 16.1 Å². The van der Waals surface area contributed by atoms with Crippen LogP contribution in [0.5, 0.6) is 11.5 Å². The number of hydrogen-bond acceptors (Lipinski definition) is 2. The Kier molecular flexibility index (Phi) is 6.30. The number of ether oxygens (including phenoxy) is 2. The molecule has 0 N–H and O–H groups in total. The van der Waals surface area contributed by atoms with Crippen LogP contribution in [0.1, 0.15) is 19.4 Å². The fourth-order valence-corrected chi connectivity index (χ4v) is 3.97. The van der Waals surface area contributed by atoms with Crippen LogP contribution in [-0.4, -0.2) is 14.7 Å². The lowest BCUT2D eigenvalue weighted by Crippen LogP contribution is -2.39. The number of benzene rings is 3. The van der Waals surface area contributed by atoms with E-state index in [1.54, 1.807) is 0 Å². The molecule has 3 aromatic rings. The highest BCUT2D eigenvalue weighted by Gasteiger charge is 2.20. The summed E-state index contributed by atoms with van der Waals surface area (Å²) in [6.07, 6.45) is 0. The van der Waals surface area contributed by atoms with E-state index >= 15 is 0 Å². The van der Waals surface area contributed by atoms with Crippen LogP contribution in [0.15, 0.2) is 83.3 Å². The maximum absolute atomic E-state index is 6.19. The second-order valence-corrected chi connectivity index (χ2v) is 9.44. The zero-order valence-electron chi connectivity index (χ0n) is 14.9. The standard InChI is InChI=1S/C22H21BrO2Si/c1-22(2,26-21-9-4-3-5-10-21)24-16-17-7-6-8-20(15-17)25-19-13-11-18(23)12-14-19/h3-15H,16H2,1-2H3. The van der Waals surface area contributed by atoms with Crippen LogP contribution in [0, 0.1) is 0 Å². The van der Waals surface area contributed by atoms with Crippen molar-refractivity contribution < 1.29 is 9.47 Å². The minimum atomic E-state index is -0.204. The van der Waals surface area contributed by atoms with Gasteiger partial charge in [0.2, 0.25) is 0 Å². The second-order valence-electron chi connectivity index (χ2n) is 6.49. The van der Waals surface area contributed by atoms with Crippen LogP contribution < -0.4 is 9.92 Å². The molecule has 3 aromatic carbocycles. The first kappa shape index (κ1) is 18.9. The molecule has 0 aliphatic carbocycles. The van der Waals surface area contributed by atoms with Gasteiger partial charge in [0.05, 0.1) is 11.8 Å². The molecule has 0 bridgehead atoms. The van der Waals surface area contributed by atoms with Crippen molar-refractivity contribution in [2.75, 3.05) is 0 Å². The molecule has 0 aliphatic heterocycles. The van der Waals surface area contributed by atoms with Crippen LogP contribution >= 0.6 is 15.9 Å². The molecule has 2 nitrogen and oxygen atoms in total. The van der Waals surface area contributed by atoms with Crippen molar-refractivity contribution in [2.45, 2.75) is 25.7 Å². The smallest absolute Gasteiger partial charge is 0.127 e. The van der Waals surface area contributed by atoms with Crippen molar-refractivity contribution in [3.63, 3.8) is 0 Å². The Bertz CT molecular complexity index is 832. The lowest BCUT2D eigenvalue weighted by molar-refractivity contribution is 0.0310. The molecule has 3 rings (SSSR count). The van der Waals surface area contributed by atoms with E-state index in [0.717, 1.165) is 21.5 Å². The zero-order valence-corrected chi connectivity index (χ0v) is 17.5. The molecule has 0 spiro atoms. The van der Waals surface area contributed by atoms with Gasteiger partial charge in [-0.15, -0.1) is 0 Å². The summed E-state index contributed by atoms with van der Waals surface area (Å²) in [7, 11) is 0.599. The lowest BCUT2D eigenvalue weighted by Gasteiger charge is -2.25. The summed E-state index contributed by atoms with van der Waals surface area (Å²) in [4.78, 5) is 0. The minimum Gasteiger partial charge on any atom is -0.457 e. The van der Waals surface area contributed by atoms with Gasteiger partial charge in [-0.05, 0) is 55.8 Å². The molecule has 0 saturated heterocycles. The van der Waals surface area contributed by atoms with Gasteiger partial charge in [0.15, 0.2) is 0 Å². The van der Waals surface area contributed by atoms with Gasteiger partial charge >= 0.3 is 0 Å². The fourth-order valence-electron chi connectivity index (χ4n) is 2.51. The third-order valence-electron chi connectivity index (χ3n) is 3.77. The second kappa shape index (κ2) is 8.67. The third kappa shape index (κ3) is 5.83. The average molecular weight is 425 g/mol. The highest BCUT2D eigenvalue weighted by atomic mass is 79.9. The summed E-state index contributed by atoms with van der Waals surface area (Å²) < 4.78 is 13.2. The molecule has 0 saturated carbocycles. The van der Waals surface area contributed by atoms with Gasteiger partial charge in [-0.2, -0.15) is 0 Å². The molecule has 26 heavy (non-hydrogen) atoms. The van der Waals surface area contributed by atoms with Crippen LogP contribution in [-0.2, 0) is 11.3 Å². The van der Waals surface area contributed by atoms with E-state index in [-0.39, 0.29) is 5.22 Å². The van der Waals surface area contributed by atoms with E-state index in [1.807, 2.05) is 48.5 Å². The quantitative estimate of drug-likeness (QED) is 0.464. The fraction of sp³-hybridized carbons (Fsp3) is 0.182. The maximum Gasteiger partial charge on any atom is 0.127 e. The van der Waals surface area contributed by atoms with Gasteiger partial charge in [-0.3, -0.25) is 0 Å². The molecule has 0 aromatic heterocycles. The summed E-state index contributed by atoms with van der Waals surface area (Å²) >= 11 is 3.43. The summed E-state index contributed by atoms with van der Waals surface area (Å²) in [5.41, 5.74) is 1.10. The first-order chi connectivity index (χ1) is 12.5. The first-order valence-electron chi connectivity index (χ1n) is 8.50. The predicted molar refractivity (Wildman–Crippen MR) is 111 cm³/mol. The van der Waals surface area contributed by atoms with Crippen molar-refractivity contribution in [3.05, 3.63) is 88.9 Å². The average Bonchev–Trinajstić information content (AvgIpc) is 2.63. The first-order valence-corrected chi connectivity index (χ1v) is 10.3. The van der Waals surface area contributed by atoms with Crippen molar-refractivity contribution >= 4 is 30.6 Å². The molecular weight excluding hydrogens is 404 g/mol. The highest BCUT2D eigenvalue weighted by molar-refractivity contribution is 9.10. The molecule has 0 unspecified atom stereocenters. The Hall–Kier alpha value is -1.88. The number of halogens is 1. The Balaban J connectivity index is 1.60. The van der Waals surface area contributed by atoms with Gasteiger partial charge in [-0.25, -0.2) is 0 Å². The van der Waals surface area contributed by atoms with E-state index in [4.69, 9.17) is 9.47 Å². The molecule has 4 heteroatoms. The van der Waals surface area contributed by atoms with E-state index in [1.165, 1.54) is 5.19 Å². The van der Waals surface area contributed by atoms with Crippen LogP contribution in [0.25, 0.3) is 0 Å². The molecule has 0 atom stereocenters. The van der Waals surface area contributed by atoms with E-state index in [9.17, 15) is 0 Å². The highest BCUT2D eigenvalue weighted by Crippen LogP contribution is 2.24. The summed E-state index contributed by atoms with van der Waals surface area (Å²) in [6, 6.07) is 26.4. The van der Waals surface area contributed by atoms with Crippen LogP contribution in [0.2, 0.25) is 0 Å². The van der Waals surface area contributed by atoms with Gasteiger partial charge in [0.1, 0.15) is 21.0 Å². The molecule has 0 heterocycles. The summed E-state index contributed by atoms with van der Waals surface area (Å²) in [6.45, 7) is 4.84. The van der Waals surface area contributed by atoms with Crippen molar-refractivity contribution in [3.8, 4) is 11.5 Å². The molecule has 2 radical (unpaired) electrons. The van der Waals surface area contributed by atoms with E-state index in [2.05, 4.69) is 60.1 Å². The molecule has 0 amide bonds. The van der Waals surface area contributed by atoms with Gasteiger partial charge in [-0.1, -0.05) is 63.6 Å². The van der Waals surface area contributed by atoms with Gasteiger partial charge in [0.25, 0.3) is 0 Å². The SMILES string of the molecule is CC(C)(OCc1cccc(Oc2ccc(Br)cc2)c1)[Si]c1ccccc1. The molecule has 0 aliphatic rings. The molecule has 132 valence electrons. The molecular formula is C22H21BrO2Si. The van der Waals surface area contributed by atoms with Gasteiger partial charge < -0.3 is 9.47 Å². The topological polar surface area (TPSA) is 18.5 Å². The van der Waals surface area contributed by atoms with E-state index < -0.39 is 0 Å². The summed E-state index contributed by atoms with van der Waals surface area (Å²) in [5, 5.41) is 1.11. The van der Waals surface area contributed by atoms with Crippen LogP contribution in [0.4, 0.5) is 0 Å². The monoisotopic (exact) mass is 424 g/mol. The van der Waals surface area contributed by atoms with Gasteiger partial charge in [0, 0.05) is 4.47 Å². The Labute approximate surface area is 166 Å². The Morgan fingerprint density at radius 3 is 2.31 bits per heavy atom. The number of hydrogen-bond donors (Lipinski definition) is 0. The Morgan fingerprint density at radius 1 is 0.846 bits per heavy atom. The Morgan fingerprint density at radius 2 is 1.58 bits per heavy atom. The maximum atomic E-state index is 6.19.